The normalized spacial score (nSPS) is 12.6. The predicted molar refractivity (Wildman–Crippen MR) is 86.7 cm³/mol. The lowest BCUT2D eigenvalue weighted by Crippen LogP contribution is -2.09. The van der Waals surface area contributed by atoms with E-state index in [1.807, 2.05) is 13.8 Å². The summed E-state index contributed by atoms with van der Waals surface area (Å²) in [6.07, 6.45) is -2.90. The summed E-state index contributed by atoms with van der Waals surface area (Å²) in [5.74, 6) is 0.387. The van der Waals surface area contributed by atoms with Gasteiger partial charge in [0.25, 0.3) is 0 Å². The van der Waals surface area contributed by atoms with Gasteiger partial charge in [0.15, 0.2) is 17.2 Å². The summed E-state index contributed by atoms with van der Waals surface area (Å²) in [5.41, 5.74) is 1.23. The summed E-state index contributed by atoms with van der Waals surface area (Å²) in [6.45, 7) is 5.65. The van der Waals surface area contributed by atoms with Crippen molar-refractivity contribution in [3.63, 3.8) is 0 Å². The maximum Gasteiger partial charge on any atom is 0.435 e. The van der Waals surface area contributed by atoms with Gasteiger partial charge in [-0.1, -0.05) is 0 Å². The van der Waals surface area contributed by atoms with Gasteiger partial charge in [0, 0.05) is 10.6 Å². The molecule has 0 spiro atoms. The van der Waals surface area contributed by atoms with Crippen molar-refractivity contribution in [1.82, 2.24) is 29.4 Å². The molecule has 0 saturated heterocycles. The molecule has 0 fully saturated rings. The number of rotatable bonds is 2. The highest BCUT2D eigenvalue weighted by Gasteiger charge is 2.34. The van der Waals surface area contributed by atoms with Crippen LogP contribution in [0.25, 0.3) is 15.9 Å². The van der Waals surface area contributed by atoms with Crippen molar-refractivity contribution >= 4 is 27.2 Å². The van der Waals surface area contributed by atoms with Crippen LogP contribution in [0, 0.1) is 20.8 Å². The maximum absolute atomic E-state index is 12.8. The van der Waals surface area contributed by atoms with E-state index >= 15 is 0 Å². The smallest absolute Gasteiger partial charge is 0.262 e. The summed E-state index contributed by atoms with van der Waals surface area (Å²) in [7, 11) is 0. The van der Waals surface area contributed by atoms with Crippen molar-refractivity contribution in [2.45, 2.75) is 33.5 Å². The molecule has 4 heterocycles. The highest BCUT2D eigenvalue weighted by atomic mass is 32.1. The van der Waals surface area contributed by atoms with Gasteiger partial charge in [-0.25, -0.2) is 14.5 Å². The van der Waals surface area contributed by atoms with Crippen LogP contribution < -0.4 is 0 Å². The number of hydrogen-bond donors (Lipinski definition) is 0. The van der Waals surface area contributed by atoms with Crippen LogP contribution in [-0.2, 0) is 12.7 Å². The minimum atomic E-state index is -4.47. The molecule has 0 atom stereocenters. The van der Waals surface area contributed by atoms with Crippen LogP contribution in [0.2, 0.25) is 0 Å². The third-order valence-corrected chi connectivity index (χ3v) is 5.23. The molecule has 0 N–H and O–H groups in total. The van der Waals surface area contributed by atoms with Crippen molar-refractivity contribution in [2.75, 3.05) is 0 Å². The third kappa shape index (κ3) is 2.56. The molecule has 4 rings (SSSR count). The Balaban J connectivity index is 1.78. The van der Waals surface area contributed by atoms with Crippen LogP contribution in [0.1, 0.15) is 27.7 Å². The summed E-state index contributed by atoms with van der Waals surface area (Å²) >= 11 is 1.58. The average Bonchev–Trinajstić information content (AvgIpc) is 3.17. The molecule has 4 aromatic rings. The first-order chi connectivity index (χ1) is 11.7. The first-order valence-corrected chi connectivity index (χ1v) is 8.27. The fourth-order valence-electron chi connectivity index (χ4n) is 2.70. The Morgan fingerprint density at radius 3 is 2.60 bits per heavy atom. The predicted octanol–water partition coefficient (Wildman–Crippen LogP) is 3.53. The first kappa shape index (κ1) is 16.0. The number of hydrogen-bond acceptors (Lipinski definition) is 5. The third-order valence-electron chi connectivity index (χ3n) is 4.11. The van der Waals surface area contributed by atoms with E-state index in [0.29, 0.717) is 17.2 Å². The van der Waals surface area contributed by atoms with Crippen LogP contribution >= 0.6 is 11.3 Å². The quantitative estimate of drug-likeness (QED) is 0.545. The van der Waals surface area contributed by atoms with Crippen LogP contribution in [-0.4, -0.2) is 29.4 Å². The molecule has 0 aliphatic carbocycles. The van der Waals surface area contributed by atoms with Gasteiger partial charge in [-0.15, -0.1) is 16.4 Å². The molecule has 6 nitrogen and oxygen atoms in total. The number of nitrogens with zero attached hydrogens (tertiary/aromatic N) is 6. The molecule has 130 valence electrons. The van der Waals surface area contributed by atoms with E-state index in [1.54, 1.807) is 29.1 Å². The van der Waals surface area contributed by atoms with Crippen molar-refractivity contribution in [3.05, 3.63) is 40.0 Å². The largest absolute Gasteiger partial charge is 0.435 e. The van der Waals surface area contributed by atoms with Gasteiger partial charge in [0.05, 0.1) is 5.39 Å². The average molecular weight is 366 g/mol. The minimum absolute atomic E-state index is 0.0628. The van der Waals surface area contributed by atoms with E-state index < -0.39 is 11.9 Å². The molecule has 25 heavy (non-hydrogen) atoms. The van der Waals surface area contributed by atoms with Gasteiger partial charge in [-0.3, -0.25) is 4.68 Å². The lowest BCUT2D eigenvalue weighted by atomic mass is 10.2. The second-order valence-electron chi connectivity index (χ2n) is 5.83. The summed E-state index contributed by atoms with van der Waals surface area (Å²) in [5, 5.41) is 8.87. The molecular formula is C15H13F3N6S. The zero-order valence-electron chi connectivity index (χ0n) is 13.6. The lowest BCUT2D eigenvalue weighted by Gasteiger charge is -2.01. The fraction of sp³-hybridized carbons (Fsp3) is 0.333. The zero-order valence-corrected chi connectivity index (χ0v) is 14.4. The van der Waals surface area contributed by atoms with Gasteiger partial charge in [-0.2, -0.15) is 18.3 Å². The van der Waals surface area contributed by atoms with Gasteiger partial charge >= 0.3 is 6.18 Å². The Hall–Kier alpha value is -2.49. The molecule has 0 radical (unpaired) electrons. The molecule has 0 saturated carbocycles. The minimum Gasteiger partial charge on any atom is -0.262 e. The molecule has 0 aliphatic heterocycles. The molecule has 0 bridgehead atoms. The van der Waals surface area contributed by atoms with E-state index in [2.05, 4.69) is 20.2 Å². The number of alkyl halides is 3. The lowest BCUT2D eigenvalue weighted by molar-refractivity contribution is -0.141. The summed E-state index contributed by atoms with van der Waals surface area (Å²) in [6, 6.07) is 1.02. The zero-order chi connectivity index (χ0) is 17.9. The topological polar surface area (TPSA) is 60.9 Å². The van der Waals surface area contributed by atoms with Gasteiger partial charge in [0.1, 0.15) is 17.7 Å². The second kappa shape index (κ2) is 5.25. The molecule has 0 aliphatic rings. The highest BCUT2D eigenvalue weighted by molar-refractivity contribution is 7.18. The van der Waals surface area contributed by atoms with Crippen molar-refractivity contribution in [1.29, 1.82) is 0 Å². The van der Waals surface area contributed by atoms with E-state index in [9.17, 15) is 13.2 Å². The van der Waals surface area contributed by atoms with Crippen LogP contribution in [0.4, 0.5) is 13.2 Å². The molecular weight excluding hydrogens is 353 g/mol. The Bertz CT molecular complexity index is 1100. The first-order valence-electron chi connectivity index (χ1n) is 7.45. The molecule has 0 unspecified atom stereocenters. The Morgan fingerprint density at radius 1 is 1.16 bits per heavy atom. The van der Waals surface area contributed by atoms with E-state index in [-0.39, 0.29) is 6.54 Å². The second-order valence-corrected chi connectivity index (χ2v) is 7.03. The number of aryl methyl sites for hydroxylation is 3. The van der Waals surface area contributed by atoms with Gasteiger partial charge in [0.2, 0.25) is 0 Å². The van der Waals surface area contributed by atoms with E-state index in [4.69, 9.17) is 0 Å². The summed E-state index contributed by atoms with van der Waals surface area (Å²) < 4.78 is 41.2. The van der Waals surface area contributed by atoms with E-state index in [0.717, 1.165) is 26.7 Å². The SMILES string of the molecule is Cc1sc2ncn3nc(Cn4nc(C(F)(F)F)cc4C)nc3c2c1C. The number of halogens is 3. The van der Waals surface area contributed by atoms with Crippen LogP contribution in [0.15, 0.2) is 12.4 Å². The van der Waals surface area contributed by atoms with Gasteiger partial charge in [-0.05, 0) is 32.4 Å². The van der Waals surface area contributed by atoms with Gasteiger partial charge < -0.3 is 0 Å². The standard InChI is InChI=1S/C15H13F3N6S/c1-7-4-10(15(16,17)18)21-23(7)5-11-20-13-12-8(2)9(3)25-14(12)19-6-24(13)22-11/h4,6H,5H2,1-3H3. The molecule has 10 heteroatoms. The number of fused-ring (bicyclic) bond motifs is 3. The number of aromatic nitrogens is 6. The van der Waals surface area contributed by atoms with Crippen LogP contribution in [0.3, 0.4) is 0 Å². The maximum atomic E-state index is 12.8. The van der Waals surface area contributed by atoms with Crippen molar-refractivity contribution in [2.24, 2.45) is 0 Å². The van der Waals surface area contributed by atoms with Crippen molar-refractivity contribution in [3.8, 4) is 0 Å². The molecule has 4 aromatic heterocycles. The Labute approximate surface area is 143 Å². The Kier molecular flexibility index (Phi) is 3.36. The monoisotopic (exact) mass is 366 g/mol. The fourth-order valence-corrected chi connectivity index (χ4v) is 3.69. The van der Waals surface area contributed by atoms with E-state index in [1.165, 1.54) is 4.68 Å². The Morgan fingerprint density at radius 2 is 1.92 bits per heavy atom. The van der Waals surface area contributed by atoms with Crippen LogP contribution in [0.5, 0.6) is 0 Å². The molecule has 0 aromatic carbocycles. The van der Waals surface area contributed by atoms with Crippen molar-refractivity contribution < 1.29 is 13.2 Å². The molecule has 0 amide bonds. The summed E-state index contributed by atoms with van der Waals surface area (Å²) in [4.78, 5) is 10.9. The number of thiophene rings is 1. The highest BCUT2D eigenvalue weighted by Crippen LogP contribution is 2.31.